The Bertz CT molecular complexity index is 1490. The molecule has 1 aliphatic rings. The summed E-state index contributed by atoms with van der Waals surface area (Å²) in [4.78, 5) is 16.3. The number of hydrogen-bond donors (Lipinski definition) is 2. The van der Waals surface area contributed by atoms with Gasteiger partial charge in [-0.2, -0.15) is 0 Å². The van der Waals surface area contributed by atoms with E-state index in [-0.39, 0.29) is 25.4 Å². The van der Waals surface area contributed by atoms with E-state index in [1.165, 1.54) is 6.08 Å². The molecule has 1 saturated heterocycles. The van der Waals surface area contributed by atoms with E-state index in [1.807, 2.05) is 78.5 Å². The zero-order valence-corrected chi connectivity index (χ0v) is 24.3. The number of alkyl carbamates (subject to hydrolysis) is 1. The van der Waals surface area contributed by atoms with Crippen molar-refractivity contribution in [3.8, 4) is 11.1 Å². The number of nitrogens with zero attached hydrogens (tertiary/aromatic N) is 2. The molecule has 3 atom stereocenters. The van der Waals surface area contributed by atoms with Gasteiger partial charge in [-0.05, 0) is 39.9 Å². The van der Waals surface area contributed by atoms with Crippen LogP contribution in [-0.2, 0) is 34.4 Å². The lowest BCUT2D eigenvalue weighted by atomic mass is 9.99. The van der Waals surface area contributed by atoms with Crippen LogP contribution in [0.2, 0.25) is 0 Å². The molecule has 42 heavy (non-hydrogen) atoms. The first-order chi connectivity index (χ1) is 20.5. The standard InChI is InChI=1S/C33H35N3O5S/c1-3-16-39-33(38)35-20-24-6-4-7-26(17-24)27-8-5-9-28(18-27)31-40-29(22-42-32-34-14-15-36(32)2)19-30(41-31)25-12-10-23(21-37)11-13-25/h3-15,17-18,29-31,37H,1,16,19-22H2,2H3,(H,35,38)/t29-,30+,31+/m0/s1. The summed E-state index contributed by atoms with van der Waals surface area (Å²) >= 11 is 1.67. The molecule has 2 heterocycles. The molecule has 0 unspecified atom stereocenters. The van der Waals surface area contributed by atoms with Crippen molar-refractivity contribution in [2.24, 2.45) is 7.05 Å². The number of carbonyl (C=O) groups is 1. The van der Waals surface area contributed by atoms with E-state index >= 15 is 0 Å². The maximum absolute atomic E-state index is 11.8. The van der Waals surface area contributed by atoms with Crippen LogP contribution in [0.15, 0.2) is 103 Å². The largest absolute Gasteiger partial charge is 0.445 e. The van der Waals surface area contributed by atoms with Gasteiger partial charge in [0.2, 0.25) is 0 Å². The fourth-order valence-corrected chi connectivity index (χ4v) is 5.72. The molecule has 2 N–H and O–H groups in total. The highest BCUT2D eigenvalue weighted by molar-refractivity contribution is 7.99. The normalized spacial score (nSPS) is 18.4. The van der Waals surface area contributed by atoms with Gasteiger partial charge in [0.15, 0.2) is 11.4 Å². The summed E-state index contributed by atoms with van der Waals surface area (Å²) in [5.74, 6) is 0.736. The van der Waals surface area contributed by atoms with Crippen molar-refractivity contribution in [2.45, 2.75) is 43.2 Å². The molecule has 4 aromatic rings. The van der Waals surface area contributed by atoms with Gasteiger partial charge >= 0.3 is 6.09 Å². The number of aryl methyl sites for hydroxylation is 1. The number of thioether (sulfide) groups is 1. The first-order valence-electron chi connectivity index (χ1n) is 13.8. The lowest BCUT2D eigenvalue weighted by Gasteiger charge is -2.36. The van der Waals surface area contributed by atoms with Crippen molar-refractivity contribution in [3.05, 3.63) is 120 Å². The van der Waals surface area contributed by atoms with Gasteiger partial charge in [0.05, 0.1) is 18.8 Å². The highest BCUT2D eigenvalue weighted by Gasteiger charge is 2.32. The van der Waals surface area contributed by atoms with Crippen LogP contribution >= 0.6 is 11.8 Å². The third kappa shape index (κ3) is 7.68. The molecule has 0 bridgehead atoms. The first-order valence-corrected chi connectivity index (χ1v) is 14.8. The van der Waals surface area contributed by atoms with E-state index < -0.39 is 12.4 Å². The van der Waals surface area contributed by atoms with E-state index in [2.05, 4.69) is 29.0 Å². The van der Waals surface area contributed by atoms with Gasteiger partial charge in [-0.3, -0.25) is 0 Å². The molecule has 9 heteroatoms. The van der Waals surface area contributed by atoms with Crippen LogP contribution in [0.25, 0.3) is 11.1 Å². The minimum atomic E-state index is -0.558. The Balaban J connectivity index is 1.34. The number of aliphatic hydroxyl groups excluding tert-OH is 1. The Labute approximate surface area is 250 Å². The van der Waals surface area contributed by atoms with Gasteiger partial charge in [-0.25, -0.2) is 9.78 Å². The lowest BCUT2D eigenvalue weighted by Crippen LogP contribution is -2.31. The topological polar surface area (TPSA) is 94.8 Å². The SMILES string of the molecule is C=CCOC(=O)NCc1cccc(-c2cccc([C@@H]3O[C@H](CSc4nccn4C)C[C@H](c4ccc(CO)cc4)O3)c2)c1. The highest BCUT2D eigenvalue weighted by atomic mass is 32.2. The summed E-state index contributed by atoms with van der Waals surface area (Å²) in [5.41, 5.74) is 5.83. The van der Waals surface area contributed by atoms with Crippen molar-refractivity contribution < 1.29 is 24.1 Å². The summed E-state index contributed by atoms with van der Waals surface area (Å²) in [7, 11) is 1.99. The highest BCUT2D eigenvalue weighted by Crippen LogP contribution is 2.40. The fraction of sp³-hybridized carbons (Fsp3) is 0.273. The number of rotatable bonds is 11. The van der Waals surface area contributed by atoms with Gasteiger partial charge < -0.3 is 29.2 Å². The quantitative estimate of drug-likeness (QED) is 0.157. The predicted molar refractivity (Wildman–Crippen MR) is 163 cm³/mol. The van der Waals surface area contributed by atoms with Crippen LogP contribution in [0.5, 0.6) is 0 Å². The molecule has 0 radical (unpaired) electrons. The average Bonchev–Trinajstić information content (AvgIpc) is 3.46. The Morgan fingerprint density at radius 2 is 1.88 bits per heavy atom. The summed E-state index contributed by atoms with van der Waals surface area (Å²) in [5, 5.41) is 13.2. The molecule has 0 saturated carbocycles. The third-order valence-electron chi connectivity index (χ3n) is 6.98. The first kappa shape index (κ1) is 29.6. The van der Waals surface area contributed by atoms with E-state index in [1.54, 1.807) is 18.0 Å². The molecule has 1 fully saturated rings. The zero-order valence-electron chi connectivity index (χ0n) is 23.5. The van der Waals surface area contributed by atoms with Gasteiger partial charge in [0.1, 0.15) is 6.61 Å². The number of aromatic nitrogens is 2. The van der Waals surface area contributed by atoms with Crippen molar-refractivity contribution in [3.63, 3.8) is 0 Å². The summed E-state index contributed by atoms with van der Waals surface area (Å²) < 4.78 is 20.1. The number of aliphatic hydroxyl groups is 1. The van der Waals surface area contributed by atoms with Crippen LogP contribution in [0.4, 0.5) is 4.79 Å². The molecular formula is C33H35N3O5S. The number of ether oxygens (including phenoxy) is 3. The molecule has 1 amide bonds. The Morgan fingerprint density at radius 3 is 2.62 bits per heavy atom. The van der Waals surface area contributed by atoms with Gasteiger partial charge in [-0.15, -0.1) is 0 Å². The maximum Gasteiger partial charge on any atom is 0.407 e. The Kier molecular flexibility index (Phi) is 10.1. The van der Waals surface area contributed by atoms with Gasteiger partial charge in [0, 0.05) is 43.7 Å². The molecule has 1 aliphatic heterocycles. The van der Waals surface area contributed by atoms with E-state index in [0.717, 1.165) is 44.3 Å². The smallest absolute Gasteiger partial charge is 0.407 e. The molecular weight excluding hydrogens is 550 g/mol. The second-order valence-electron chi connectivity index (χ2n) is 10.0. The van der Waals surface area contributed by atoms with E-state index in [9.17, 15) is 9.90 Å². The van der Waals surface area contributed by atoms with Gasteiger partial charge in [0.25, 0.3) is 0 Å². The molecule has 0 spiro atoms. The molecule has 1 aromatic heterocycles. The molecule has 0 aliphatic carbocycles. The zero-order chi connectivity index (χ0) is 29.3. The minimum absolute atomic E-state index is 0.00389. The van der Waals surface area contributed by atoms with Gasteiger partial charge in [-0.1, -0.05) is 85.1 Å². The van der Waals surface area contributed by atoms with Crippen LogP contribution in [0.3, 0.4) is 0 Å². The Morgan fingerprint density at radius 1 is 1.10 bits per heavy atom. The minimum Gasteiger partial charge on any atom is -0.445 e. The van der Waals surface area contributed by atoms with Crippen molar-refractivity contribution in [1.82, 2.24) is 14.9 Å². The monoisotopic (exact) mass is 585 g/mol. The third-order valence-corrected chi connectivity index (χ3v) is 8.17. The second kappa shape index (κ2) is 14.3. The van der Waals surface area contributed by atoms with Crippen molar-refractivity contribution in [2.75, 3.05) is 12.4 Å². The van der Waals surface area contributed by atoms with Crippen LogP contribution in [-0.4, -0.2) is 39.2 Å². The number of hydrogen-bond acceptors (Lipinski definition) is 7. The second-order valence-corrected chi connectivity index (χ2v) is 11.0. The average molecular weight is 586 g/mol. The van der Waals surface area contributed by atoms with E-state index in [4.69, 9.17) is 14.2 Å². The van der Waals surface area contributed by atoms with Crippen molar-refractivity contribution in [1.29, 1.82) is 0 Å². The summed E-state index contributed by atoms with van der Waals surface area (Å²) in [6, 6.07) is 24.1. The number of nitrogens with one attached hydrogen (secondary N) is 1. The van der Waals surface area contributed by atoms with Crippen LogP contribution in [0.1, 0.15) is 41.1 Å². The van der Waals surface area contributed by atoms with Crippen molar-refractivity contribution >= 4 is 17.9 Å². The number of imidazole rings is 1. The maximum atomic E-state index is 11.8. The molecule has 3 aromatic carbocycles. The number of benzene rings is 3. The van der Waals surface area contributed by atoms with Crippen LogP contribution in [0, 0.1) is 0 Å². The van der Waals surface area contributed by atoms with Crippen LogP contribution < -0.4 is 5.32 Å². The molecule has 5 rings (SSSR count). The Hall–Kier alpha value is -3.89. The molecule has 8 nitrogen and oxygen atoms in total. The van der Waals surface area contributed by atoms with E-state index in [0.29, 0.717) is 13.0 Å². The molecule has 218 valence electrons. The lowest BCUT2D eigenvalue weighted by molar-refractivity contribution is -0.245. The summed E-state index contributed by atoms with van der Waals surface area (Å²) in [6.45, 7) is 4.08. The number of amides is 1. The fourth-order valence-electron chi connectivity index (χ4n) is 4.77. The predicted octanol–water partition coefficient (Wildman–Crippen LogP) is 6.33. The summed E-state index contributed by atoms with van der Waals surface area (Å²) in [6.07, 6.45) is 4.70. The number of carbonyl (C=O) groups excluding carboxylic acids is 1.